The molecule has 1 atom stereocenters. The third kappa shape index (κ3) is 5.99. The number of hydrogen-bond donors (Lipinski definition) is 1. The van der Waals surface area contributed by atoms with Crippen molar-refractivity contribution in [2.45, 2.75) is 25.6 Å². The van der Waals surface area contributed by atoms with Crippen molar-refractivity contribution in [1.82, 2.24) is 10.3 Å². The normalized spacial score (nSPS) is 15.5. The molecule has 158 valence electrons. The summed E-state index contributed by atoms with van der Waals surface area (Å²) < 4.78 is 12.5. The van der Waals surface area contributed by atoms with Gasteiger partial charge in [-0.05, 0) is 30.3 Å². The van der Waals surface area contributed by atoms with Gasteiger partial charge in [-0.25, -0.2) is 5.01 Å². The fourth-order valence-electron chi connectivity index (χ4n) is 2.76. The summed E-state index contributed by atoms with van der Waals surface area (Å²) in [6.07, 6.45) is 0.701. The highest BCUT2D eigenvalue weighted by Gasteiger charge is 2.34. The van der Waals surface area contributed by atoms with Crippen LogP contribution in [-0.2, 0) is 9.59 Å². The number of thioether (sulfide) groups is 1. The lowest BCUT2D eigenvalue weighted by Gasteiger charge is -2.22. The molecular formula is C21H22BrN3O4S. The van der Waals surface area contributed by atoms with Crippen molar-refractivity contribution in [2.75, 3.05) is 13.2 Å². The van der Waals surface area contributed by atoms with Gasteiger partial charge in [0.25, 0.3) is 0 Å². The van der Waals surface area contributed by atoms with Gasteiger partial charge in [-0.15, -0.1) is 5.10 Å². The molecule has 0 aromatic heterocycles. The zero-order valence-corrected chi connectivity index (χ0v) is 19.0. The first-order valence-corrected chi connectivity index (χ1v) is 11.0. The van der Waals surface area contributed by atoms with Gasteiger partial charge in [0.2, 0.25) is 11.8 Å². The fourth-order valence-corrected chi connectivity index (χ4v) is 4.29. The maximum Gasteiger partial charge on any atom is 0.241 e. The zero-order chi connectivity index (χ0) is 21.5. The number of carbonyl (C=O) groups is 2. The van der Waals surface area contributed by atoms with Gasteiger partial charge in [-0.2, -0.15) is 0 Å². The highest BCUT2D eigenvalue weighted by Crippen LogP contribution is 2.43. The molecule has 0 spiro atoms. The Morgan fingerprint density at radius 3 is 2.57 bits per heavy atom. The topological polar surface area (TPSA) is 80.2 Å². The Kier molecular flexibility index (Phi) is 7.75. The minimum Gasteiger partial charge on any atom is -0.493 e. The number of hydrogen-bond acceptors (Lipinski definition) is 6. The van der Waals surface area contributed by atoms with Crippen molar-refractivity contribution in [3.05, 3.63) is 58.6 Å². The Bertz CT molecular complexity index is 939. The lowest BCUT2D eigenvalue weighted by Crippen LogP contribution is -2.25. The first kappa shape index (κ1) is 22.2. The van der Waals surface area contributed by atoms with E-state index in [1.54, 1.807) is 0 Å². The van der Waals surface area contributed by atoms with E-state index in [9.17, 15) is 9.59 Å². The molecule has 7 nitrogen and oxygen atoms in total. The van der Waals surface area contributed by atoms with Crippen LogP contribution in [-0.4, -0.2) is 35.2 Å². The van der Waals surface area contributed by atoms with E-state index in [1.165, 1.54) is 30.6 Å². The predicted octanol–water partition coefficient (Wildman–Crippen LogP) is 4.30. The number of benzene rings is 2. The molecule has 1 aliphatic heterocycles. The van der Waals surface area contributed by atoms with Crippen molar-refractivity contribution in [2.24, 2.45) is 5.10 Å². The van der Waals surface area contributed by atoms with Gasteiger partial charge in [0, 0.05) is 30.3 Å². The number of halogens is 1. The standard InChI is InChI=1S/C21H22BrN3O4S/c1-14(26)23-21-24-25(15(2)27)20(30-21)18-13-16(22)9-10-19(18)29-12-6-11-28-17-7-4-3-5-8-17/h3-5,7-10,13,20H,6,11-12H2,1-2H3,(H,23,24,26)/t20-/m0/s1. The summed E-state index contributed by atoms with van der Waals surface area (Å²) >= 11 is 4.77. The number of para-hydroxylation sites is 1. The van der Waals surface area contributed by atoms with E-state index in [0.717, 1.165) is 15.8 Å². The van der Waals surface area contributed by atoms with Crippen LogP contribution in [0.2, 0.25) is 0 Å². The highest BCUT2D eigenvalue weighted by atomic mass is 79.9. The second-order valence-corrected chi connectivity index (χ2v) is 8.45. The van der Waals surface area contributed by atoms with Crippen LogP contribution in [0.4, 0.5) is 0 Å². The minimum atomic E-state index is -0.433. The van der Waals surface area contributed by atoms with Crippen LogP contribution in [0.15, 0.2) is 58.1 Å². The Morgan fingerprint density at radius 2 is 1.87 bits per heavy atom. The van der Waals surface area contributed by atoms with Crippen LogP contribution in [0.25, 0.3) is 0 Å². The van der Waals surface area contributed by atoms with Gasteiger partial charge in [-0.3, -0.25) is 9.59 Å². The van der Waals surface area contributed by atoms with E-state index < -0.39 is 5.37 Å². The first-order valence-electron chi connectivity index (χ1n) is 9.37. The third-order valence-corrected chi connectivity index (χ3v) is 5.62. The molecule has 0 bridgehead atoms. The number of carbonyl (C=O) groups excluding carboxylic acids is 2. The van der Waals surface area contributed by atoms with Crippen LogP contribution in [0.1, 0.15) is 31.2 Å². The van der Waals surface area contributed by atoms with Gasteiger partial charge in [-0.1, -0.05) is 45.9 Å². The molecule has 0 unspecified atom stereocenters. The molecule has 9 heteroatoms. The number of nitrogens with zero attached hydrogens (tertiary/aromatic N) is 2. The molecule has 0 saturated carbocycles. The van der Waals surface area contributed by atoms with Gasteiger partial charge in [0.1, 0.15) is 16.9 Å². The molecule has 3 rings (SSSR count). The van der Waals surface area contributed by atoms with Crippen LogP contribution in [0, 0.1) is 0 Å². The van der Waals surface area contributed by atoms with E-state index in [-0.39, 0.29) is 11.8 Å². The van der Waals surface area contributed by atoms with Crippen molar-refractivity contribution < 1.29 is 19.1 Å². The lowest BCUT2D eigenvalue weighted by atomic mass is 10.2. The molecule has 0 aliphatic carbocycles. The number of amides is 2. The molecule has 1 N–H and O–H groups in total. The molecule has 30 heavy (non-hydrogen) atoms. The van der Waals surface area contributed by atoms with E-state index in [2.05, 4.69) is 26.3 Å². The molecule has 0 saturated heterocycles. The summed E-state index contributed by atoms with van der Waals surface area (Å²) in [6, 6.07) is 15.3. The second-order valence-electron chi connectivity index (χ2n) is 6.47. The largest absolute Gasteiger partial charge is 0.493 e. The third-order valence-electron chi connectivity index (χ3n) is 4.05. The first-order chi connectivity index (χ1) is 14.4. The molecule has 0 fully saturated rings. The summed E-state index contributed by atoms with van der Waals surface area (Å²) in [5.41, 5.74) is 0.789. The Labute approximate surface area is 187 Å². The van der Waals surface area contributed by atoms with E-state index in [4.69, 9.17) is 9.47 Å². The quantitative estimate of drug-likeness (QED) is 0.584. The molecule has 2 amide bonds. The maximum absolute atomic E-state index is 12.1. The van der Waals surface area contributed by atoms with Crippen molar-refractivity contribution in [3.63, 3.8) is 0 Å². The molecule has 2 aromatic carbocycles. The van der Waals surface area contributed by atoms with Gasteiger partial charge in [0.15, 0.2) is 5.17 Å². The maximum atomic E-state index is 12.1. The Hall–Kier alpha value is -2.52. The van der Waals surface area contributed by atoms with Gasteiger partial charge >= 0.3 is 0 Å². The number of amidine groups is 1. The van der Waals surface area contributed by atoms with Gasteiger partial charge in [0.05, 0.1) is 13.2 Å². The van der Waals surface area contributed by atoms with Crippen molar-refractivity contribution in [1.29, 1.82) is 0 Å². The van der Waals surface area contributed by atoms with Crippen molar-refractivity contribution in [3.8, 4) is 11.5 Å². The van der Waals surface area contributed by atoms with Crippen LogP contribution in [0.3, 0.4) is 0 Å². The number of rotatable bonds is 7. The van der Waals surface area contributed by atoms with Gasteiger partial charge < -0.3 is 14.8 Å². The van der Waals surface area contributed by atoms with Crippen LogP contribution in [0.5, 0.6) is 11.5 Å². The Morgan fingerprint density at radius 1 is 1.13 bits per heavy atom. The molecule has 1 aliphatic rings. The molecule has 2 aromatic rings. The lowest BCUT2D eigenvalue weighted by molar-refractivity contribution is -0.129. The smallest absolute Gasteiger partial charge is 0.241 e. The summed E-state index contributed by atoms with van der Waals surface area (Å²) in [7, 11) is 0. The highest BCUT2D eigenvalue weighted by molar-refractivity contribution is 9.10. The zero-order valence-electron chi connectivity index (χ0n) is 16.6. The fraction of sp³-hybridized carbons (Fsp3) is 0.286. The summed E-state index contributed by atoms with van der Waals surface area (Å²) in [5.74, 6) is 1.01. The summed E-state index contributed by atoms with van der Waals surface area (Å²) in [5, 5.41) is 8.18. The SMILES string of the molecule is CC(=O)NC1=NN(C(C)=O)[C@H](c2cc(Br)ccc2OCCCOc2ccccc2)S1. The summed E-state index contributed by atoms with van der Waals surface area (Å²) in [6.45, 7) is 3.83. The van der Waals surface area contributed by atoms with E-state index >= 15 is 0 Å². The average Bonchev–Trinajstić information content (AvgIpc) is 3.12. The number of hydrazone groups is 1. The summed E-state index contributed by atoms with van der Waals surface area (Å²) in [4.78, 5) is 23.5. The minimum absolute atomic E-state index is 0.227. The number of nitrogens with one attached hydrogen (secondary N) is 1. The van der Waals surface area contributed by atoms with Crippen LogP contribution >= 0.6 is 27.7 Å². The monoisotopic (exact) mass is 491 g/mol. The van der Waals surface area contributed by atoms with E-state index in [1.807, 2.05) is 48.5 Å². The molecule has 0 radical (unpaired) electrons. The molecule has 1 heterocycles. The number of ether oxygens (including phenoxy) is 2. The van der Waals surface area contributed by atoms with Crippen molar-refractivity contribution >= 4 is 44.7 Å². The van der Waals surface area contributed by atoms with E-state index in [0.29, 0.717) is 30.6 Å². The molecular weight excluding hydrogens is 470 g/mol. The second kappa shape index (κ2) is 10.5. The van der Waals surface area contributed by atoms with Crippen LogP contribution < -0.4 is 14.8 Å². The average molecular weight is 492 g/mol. The predicted molar refractivity (Wildman–Crippen MR) is 120 cm³/mol. The Balaban J connectivity index is 1.66.